The van der Waals surface area contributed by atoms with Crippen molar-refractivity contribution in [3.63, 3.8) is 0 Å². The van der Waals surface area contributed by atoms with E-state index in [2.05, 4.69) is 16.2 Å². The summed E-state index contributed by atoms with van der Waals surface area (Å²) < 4.78 is 5.10. The van der Waals surface area contributed by atoms with Gasteiger partial charge in [0.25, 0.3) is 0 Å². The second kappa shape index (κ2) is 3.72. The van der Waals surface area contributed by atoms with Gasteiger partial charge in [0, 0.05) is 11.8 Å². The molecule has 0 aliphatic carbocycles. The molecule has 0 spiro atoms. The number of H-pyrrole nitrogens is 1. The Bertz CT molecular complexity index is 426. The Labute approximate surface area is 86.7 Å². The van der Waals surface area contributed by atoms with Gasteiger partial charge in [-0.25, -0.2) is 4.98 Å². The van der Waals surface area contributed by atoms with Crippen LogP contribution >= 0.6 is 11.6 Å². The minimum Gasteiger partial charge on any atom is -0.495 e. The number of rotatable bonds is 2. The van der Waals surface area contributed by atoms with Crippen LogP contribution in [0, 0.1) is 6.20 Å². The monoisotopic (exact) mass is 207 g/mol. The summed E-state index contributed by atoms with van der Waals surface area (Å²) in [5.74, 6) is 1.33. The molecule has 3 nitrogen and oxygen atoms in total. The Kier molecular flexibility index (Phi) is 2.41. The molecule has 0 saturated carbocycles. The summed E-state index contributed by atoms with van der Waals surface area (Å²) in [6.45, 7) is 0. The number of nitrogens with one attached hydrogen (secondary N) is 1. The van der Waals surface area contributed by atoms with Crippen LogP contribution in [-0.2, 0) is 0 Å². The lowest BCUT2D eigenvalue weighted by Crippen LogP contribution is -1.87. The Morgan fingerprint density at radius 3 is 3.00 bits per heavy atom. The predicted molar refractivity (Wildman–Crippen MR) is 54.4 cm³/mol. The average Bonchev–Trinajstić information content (AvgIpc) is 2.71. The number of nitrogens with zero attached hydrogens (tertiary/aromatic N) is 1. The van der Waals surface area contributed by atoms with Gasteiger partial charge >= 0.3 is 0 Å². The molecule has 2 aromatic rings. The molecule has 4 heteroatoms. The third kappa shape index (κ3) is 1.46. The van der Waals surface area contributed by atoms with Gasteiger partial charge in [-0.2, -0.15) is 0 Å². The van der Waals surface area contributed by atoms with Gasteiger partial charge in [-0.05, 0) is 12.1 Å². The highest BCUT2D eigenvalue weighted by atomic mass is 35.5. The Hall–Kier alpha value is -1.48. The number of ether oxygens (including phenoxy) is 1. The maximum atomic E-state index is 6.10. The number of imidazole rings is 1. The number of aromatic nitrogens is 2. The van der Waals surface area contributed by atoms with Crippen molar-refractivity contribution in [2.24, 2.45) is 0 Å². The SMILES string of the molecule is COc1cccc(-c2n[c]c[nH]2)c1Cl. The van der Waals surface area contributed by atoms with Crippen molar-refractivity contribution >= 4 is 11.6 Å². The molecule has 0 fully saturated rings. The number of methoxy groups -OCH3 is 1. The fraction of sp³-hybridized carbons (Fsp3) is 0.100. The smallest absolute Gasteiger partial charge is 0.139 e. The van der Waals surface area contributed by atoms with E-state index in [-0.39, 0.29) is 0 Å². The van der Waals surface area contributed by atoms with E-state index in [0.717, 1.165) is 5.56 Å². The number of halogens is 1. The molecular formula is C10H8ClN2O. The summed E-state index contributed by atoms with van der Waals surface area (Å²) in [6.07, 6.45) is 4.32. The first-order chi connectivity index (χ1) is 6.83. The highest BCUT2D eigenvalue weighted by Crippen LogP contribution is 2.32. The van der Waals surface area contributed by atoms with Gasteiger partial charge in [0.05, 0.1) is 12.1 Å². The van der Waals surface area contributed by atoms with E-state index in [9.17, 15) is 0 Å². The Morgan fingerprint density at radius 2 is 2.36 bits per heavy atom. The van der Waals surface area contributed by atoms with Gasteiger partial charge in [0.15, 0.2) is 0 Å². The summed E-state index contributed by atoms with van der Waals surface area (Å²) in [7, 11) is 1.58. The lowest BCUT2D eigenvalue weighted by atomic mass is 10.2. The zero-order valence-electron chi connectivity index (χ0n) is 7.54. The minimum absolute atomic E-state index is 0.554. The maximum absolute atomic E-state index is 6.10. The molecule has 1 N–H and O–H groups in total. The van der Waals surface area contributed by atoms with Crippen molar-refractivity contribution in [1.82, 2.24) is 9.97 Å². The van der Waals surface area contributed by atoms with Crippen molar-refractivity contribution in [3.05, 3.63) is 35.6 Å². The van der Waals surface area contributed by atoms with Crippen LogP contribution in [0.15, 0.2) is 24.4 Å². The summed E-state index contributed by atoms with van der Waals surface area (Å²) >= 11 is 6.10. The highest BCUT2D eigenvalue weighted by molar-refractivity contribution is 6.34. The summed E-state index contributed by atoms with van der Waals surface area (Å²) in [4.78, 5) is 6.94. The van der Waals surface area contributed by atoms with E-state index in [1.165, 1.54) is 0 Å². The molecule has 2 rings (SSSR count). The topological polar surface area (TPSA) is 37.9 Å². The molecule has 0 amide bonds. The molecule has 1 radical (unpaired) electrons. The van der Waals surface area contributed by atoms with Crippen LogP contribution in [0.4, 0.5) is 0 Å². The van der Waals surface area contributed by atoms with E-state index in [1.54, 1.807) is 19.4 Å². The fourth-order valence-electron chi connectivity index (χ4n) is 1.22. The maximum Gasteiger partial charge on any atom is 0.139 e. The van der Waals surface area contributed by atoms with Crippen LogP contribution in [0.25, 0.3) is 11.4 Å². The summed E-state index contributed by atoms with van der Waals surface area (Å²) in [6, 6.07) is 5.54. The molecule has 1 aromatic carbocycles. The van der Waals surface area contributed by atoms with Gasteiger partial charge in [0.1, 0.15) is 17.8 Å². The van der Waals surface area contributed by atoms with E-state index in [4.69, 9.17) is 16.3 Å². The van der Waals surface area contributed by atoms with Gasteiger partial charge < -0.3 is 9.72 Å². The van der Waals surface area contributed by atoms with Crippen LogP contribution in [0.1, 0.15) is 0 Å². The van der Waals surface area contributed by atoms with E-state index >= 15 is 0 Å². The molecule has 0 atom stereocenters. The zero-order chi connectivity index (χ0) is 9.97. The van der Waals surface area contributed by atoms with Crippen LogP contribution in [0.2, 0.25) is 5.02 Å². The molecule has 0 saturated heterocycles. The number of hydrogen-bond donors (Lipinski definition) is 1. The standard InChI is InChI=1S/C10H8ClN2O/c1-14-8-4-2-3-7(9(8)11)10-12-5-6-13-10/h2-5H,1H3,(H,12,13). The van der Waals surface area contributed by atoms with Crippen molar-refractivity contribution < 1.29 is 4.74 Å². The second-order valence-electron chi connectivity index (χ2n) is 2.70. The quantitative estimate of drug-likeness (QED) is 0.822. The third-order valence-corrected chi connectivity index (χ3v) is 2.28. The van der Waals surface area contributed by atoms with Gasteiger partial charge in [-0.1, -0.05) is 17.7 Å². The molecule has 1 aromatic heterocycles. The van der Waals surface area contributed by atoms with Gasteiger partial charge in [-0.15, -0.1) is 0 Å². The van der Waals surface area contributed by atoms with Crippen LogP contribution < -0.4 is 4.74 Å². The average molecular weight is 208 g/mol. The van der Waals surface area contributed by atoms with E-state index < -0.39 is 0 Å². The Balaban J connectivity index is 2.54. The van der Waals surface area contributed by atoms with Crippen LogP contribution in [0.5, 0.6) is 5.75 Å². The molecule has 1 heterocycles. The molecular weight excluding hydrogens is 200 g/mol. The van der Waals surface area contributed by atoms with E-state index in [1.807, 2.05) is 12.1 Å². The lowest BCUT2D eigenvalue weighted by molar-refractivity contribution is 0.415. The van der Waals surface area contributed by atoms with E-state index in [0.29, 0.717) is 16.6 Å². The molecule has 14 heavy (non-hydrogen) atoms. The predicted octanol–water partition coefficient (Wildman–Crippen LogP) is 2.54. The number of benzene rings is 1. The number of aromatic amines is 1. The molecule has 71 valence electrons. The minimum atomic E-state index is 0.554. The van der Waals surface area contributed by atoms with Gasteiger partial charge in [-0.3, -0.25) is 0 Å². The fourth-order valence-corrected chi connectivity index (χ4v) is 1.51. The first-order valence-corrected chi connectivity index (χ1v) is 4.45. The van der Waals surface area contributed by atoms with Crippen molar-refractivity contribution in [2.45, 2.75) is 0 Å². The molecule has 0 bridgehead atoms. The summed E-state index contributed by atoms with van der Waals surface area (Å²) in [5, 5.41) is 0.554. The van der Waals surface area contributed by atoms with Crippen molar-refractivity contribution in [3.8, 4) is 17.1 Å². The first-order valence-electron chi connectivity index (χ1n) is 4.07. The lowest BCUT2D eigenvalue weighted by Gasteiger charge is -2.05. The third-order valence-electron chi connectivity index (χ3n) is 1.89. The highest BCUT2D eigenvalue weighted by Gasteiger charge is 2.09. The zero-order valence-corrected chi connectivity index (χ0v) is 8.30. The van der Waals surface area contributed by atoms with Crippen LogP contribution in [-0.4, -0.2) is 17.1 Å². The van der Waals surface area contributed by atoms with Crippen molar-refractivity contribution in [1.29, 1.82) is 0 Å². The largest absolute Gasteiger partial charge is 0.495 e. The molecule has 0 unspecified atom stereocenters. The van der Waals surface area contributed by atoms with Gasteiger partial charge in [0.2, 0.25) is 0 Å². The van der Waals surface area contributed by atoms with Crippen molar-refractivity contribution in [2.75, 3.05) is 7.11 Å². The second-order valence-corrected chi connectivity index (χ2v) is 3.08. The van der Waals surface area contributed by atoms with Crippen LogP contribution in [0.3, 0.4) is 0 Å². The Morgan fingerprint density at radius 1 is 1.50 bits per heavy atom. The first kappa shape index (κ1) is 9.09. The summed E-state index contributed by atoms with van der Waals surface area (Å²) in [5.41, 5.74) is 0.812. The normalized spacial score (nSPS) is 10.1. The number of hydrogen-bond acceptors (Lipinski definition) is 2. The molecule has 0 aliphatic heterocycles. The molecule has 0 aliphatic rings.